The maximum absolute atomic E-state index is 10.9. The molecule has 0 aliphatic heterocycles. The van der Waals surface area contributed by atoms with Crippen LogP contribution < -0.4 is 9.47 Å². The van der Waals surface area contributed by atoms with Crippen LogP contribution in [0.3, 0.4) is 0 Å². The highest BCUT2D eigenvalue weighted by atomic mass is 16.6. The number of esters is 1. The highest BCUT2D eigenvalue weighted by molar-refractivity contribution is 5.83. The third-order valence-corrected chi connectivity index (χ3v) is 1.70. The Balaban J connectivity index is 2.96. The van der Waals surface area contributed by atoms with Gasteiger partial charge in [0.05, 0.1) is 7.11 Å². The van der Waals surface area contributed by atoms with E-state index in [2.05, 4.69) is 6.58 Å². The Labute approximate surface area is 83.0 Å². The number of hydrogen-bond donors (Lipinski definition) is 0. The van der Waals surface area contributed by atoms with Gasteiger partial charge in [-0.15, -0.1) is 0 Å². The maximum atomic E-state index is 10.9. The predicted octanol–water partition coefficient (Wildman–Crippen LogP) is 2.10. The van der Waals surface area contributed by atoms with Crippen LogP contribution in [0.25, 0.3) is 0 Å². The minimum atomic E-state index is -0.493. The van der Waals surface area contributed by atoms with Crippen molar-refractivity contribution in [3.8, 4) is 11.5 Å². The molecule has 0 heterocycles. The van der Waals surface area contributed by atoms with Crippen molar-refractivity contribution in [3.63, 3.8) is 0 Å². The van der Waals surface area contributed by atoms with Crippen molar-refractivity contribution in [1.82, 2.24) is 0 Å². The molecule has 0 N–H and O–H groups in total. The second kappa shape index (κ2) is 4.46. The molecule has 3 heteroatoms. The summed E-state index contributed by atoms with van der Waals surface area (Å²) in [6.07, 6.45) is 1.11. The third-order valence-electron chi connectivity index (χ3n) is 1.70. The van der Waals surface area contributed by atoms with Crippen LogP contribution in [0.15, 0.2) is 30.9 Å². The van der Waals surface area contributed by atoms with Crippen LogP contribution in [-0.2, 0) is 4.79 Å². The van der Waals surface area contributed by atoms with Gasteiger partial charge in [0.1, 0.15) is 0 Å². The van der Waals surface area contributed by atoms with Crippen molar-refractivity contribution in [2.24, 2.45) is 0 Å². The molecule has 1 aromatic rings. The van der Waals surface area contributed by atoms with Gasteiger partial charge in [0.25, 0.3) is 0 Å². The van der Waals surface area contributed by atoms with Crippen molar-refractivity contribution in [3.05, 3.63) is 36.4 Å². The number of carbonyl (C=O) groups excluding carboxylic acids is 1. The average molecular weight is 192 g/mol. The summed E-state index contributed by atoms with van der Waals surface area (Å²) in [6.45, 7) is 5.25. The molecule has 0 unspecified atom stereocenters. The second-order valence-corrected chi connectivity index (χ2v) is 2.78. The van der Waals surface area contributed by atoms with Gasteiger partial charge in [0.15, 0.2) is 11.5 Å². The molecule has 0 bridgehead atoms. The van der Waals surface area contributed by atoms with E-state index in [0.717, 1.165) is 11.6 Å². The molecule has 0 aliphatic carbocycles. The number of benzene rings is 1. The summed E-state index contributed by atoms with van der Waals surface area (Å²) in [5.41, 5.74) is 1.04. The fourth-order valence-corrected chi connectivity index (χ4v) is 1.01. The molecular formula is C11H12O3. The molecule has 0 radical (unpaired) electrons. The molecule has 1 rings (SSSR count). The number of rotatable bonds is 3. The van der Waals surface area contributed by atoms with Gasteiger partial charge in [-0.25, -0.2) is 4.79 Å². The molecule has 0 aliphatic rings. The van der Waals surface area contributed by atoms with Crippen LogP contribution in [0, 0.1) is 6.92 Å². The van der Waals surface area contributed by atoms with Gasteiger partial charge in [0, 0.05) is 6.08 Å². The Morgan fingerprint density at radius 3 is 2.71 bits per heavy atom. The lowest BCUT2D eigenvalue weighted by molar-refractivity contribution is -0.129. The summed E-state index contributed by atoms with van der Waals surface area (Å²) >= 11 is 0. The van der Waals surface area contributed by atoms with Gasteiger partial charge in [0.2, 0.25) is 0 Å². The maximum Gasteiger partial charge on any atom is 0.335 e. The molecule has 1 aromatic carbocycles. The van der Waals surface area contributed by atoms with Crippen LogP contribution >= 0.6 is 0 Å². The monoisotopic (exact) mass is 192 g/mol. The fraction of sp³-hybridized carbons (Fsp3) is 0.182. The number of ether oxygens (including phenoxy) is 2. The summed E-state index contributed by atoms with van der Waals surface area (Å²) in [6, 6.07) is 5.33. The lowest BCUT2D eigenvalue weighted by atomic mass is 10.2. The highest BCUT2D eigenvalue weighted by Crippen LogP contribution is 2.27. The van der Waals surface area contributed by atoms with E-state index in [4.69, 9.17) is 9.47 Å². The molecule has 0 fully saturated rings. The van der Waals surface area contributed by atoms with E-state index in [1.54, 1.807) is 12.1 Å². The summed E-state index contributed by atoms with van der Waals surface area (Å²) in [4.78, 5) is 10.9. The van der Waals surface area contributed by atoms with E-state index < -0.39 is 5.97 Å². The first kappa shape index (κ1) is 10.3. The molecule has 0 saturated heterocycles. The molecule has 0 saturated carbocycles. The minimum absolute atomic E-state index is 0.406. The minimum Gasteiger partial charge on any atom is -0.493 e. The second-order valence-electron chi connectivity index (χ2n) is 2.78. The van der Waals surface area contributed by atoms with Crippen molar-refractivity contribution < 1.29 is 14.3 Å². The Hall–Kier alpha value is -1.77. The Kier molecular flexibility index (Phi) is 3.29. The van der Waals surface area contributed by atoms with E-state index in [0.29, 0.717) is 11.5 Å². The van der Waals surface area contributed by atoms with E-state index in [9.17, 15) is 4.79 Å². The van der Waals surface area contributed by atoms with Crippen molar-refractivity contribution in [2.75, 3.05) is 7.11 Å². The fourth-order valence-electron chi connectivity index (χ4n) is 1.01. The van der Waals surface area contributed by atoms with Crippen LogP contribution in [0.1, 0.15) is 5.56 Å². The van der Waals surface area contributed by atoms with Crippen molar-refractivity contribution in [1.29, 1.82) is 0 Å². The Bertz CT molecular complexity index is 356. The topological polar surface area (TPSA) is 35.5 Å². The zero-order chi connectivity index (χ0) is 10.6. The summed E-state index contributed by atoms with van der Waals surface area (Å²) in [5.74, 6) is 0.454. The lowest BCUT2D eigenvalue weighted by Crippen LogP contribution is -2.04. The van der Waals surface area contributed by atoms with Gasteiger partial charge < -0.3 is 9.47 Å². The van der Waals surface area contributed by atoms with Gasteiger partial charge >= 0.3 is 5.97 Å². The molecular weight excluding hydrogens is 180 g/mol. The van der Waals surface area contributed by atoms with Gasteiger partial charge in [-0.3, -0.25) is 0 Å². The van der Waals surface area contributed by atoms with E-state index in [1.165, 1.54) is 7.11 Å². The first-order chi connectivity index (χ1) is 6.67. The zero-order valence-corrected chi connectivity index (χ0v) is 8.24. The van der Waals surface area contributed by atoms with Gasteiger partial charge in [-0.1, -0.05) is 12.6 Å². The van der Waals surface area contributed by atoms with Crippen LogP contribution in [0.5, 0.6) is 11.5 Å². The normalized spacial score (nSPS) is 9.29. The number of aryl methyl sites for hydroxylation is 1. The first-order valence-electron chi connectivity index (χ1n) is 4.16. The van der Waals surface area contributed by atoms with E-state index >= 15 is 0 Å². The lowest BCUT2D eigenvalue weighted by Gasteiger charge is -2.07. The number of methoxy groups -OCH3 is 1. The molecule has 74 valence electrons. The van der Waals surface area contributed by atoms with Crippen LogP contribution in [0.4, 0.5) is 0 Å². The molecule has 0 atom stereocenters. The Morgan fingerprint density at radius 2 is 2.14 bits per heavy atom. The number of carbonyl (C=O) groups is 1. The third kappa shape index (κ3) is 2.36. The van der Waals surface area contributed by atoms with Crippen LogP contribution in [0.2, 0.25) is 0 Å². The van der Waals surface area contributed by atoms with E-state index in [1.807, 2.05) is 13.0 Å². The number of hydrogen-bond acceptors (Lipinski definition) is 3. The predicted molar refractivity (Wildman–Crippen MR) is 53.6 cm³/mol. The average Bonchev–Trinajstić information content (AvgIpc) is 2.20. The standard InChI is InChI=1S/C11H12O3/c1-4-11(12)14-9-6-5-8(2)7-10(9)13-3/h4-7H,1H2,2-3H3. The van der Waals surface area contributed by atoms with Crippen LogP contribution in [-0.4, -0.2) is 13.1 Å². The summed E-state index contributed by atoms with van der Waals surface area (Å²) < 4.78 is 10.0. The van der Waals surface area contributed by atoms with Crippen molar-refractivity contribution in [2.45, 2.75) is 6.92 Å². The summed E-state index contributed by atoms with van der Waals surface area (Å²) in [5, 5.41) is 0. The SMILES string of the molecule is C=CC(=O)Oc1ccc(C)cc1OC. The molecule has 3 nitrogen and oxygen atoms in total. The van der Waals surface area contributed by atoms with Gasteiger partial charge in [-0.2, -0.15) is 0 Å². The largest absolute Gasteiger partial charge is 0.493 e. The Morgan fingerprint density at radius 1 is 1.43 bits per heavy atom. The smallest absolute Gasteiger partial charge is 0.335 e. The quantitative estimate of drug-likeness (QED) is 0.418. The molecule has 0 spiro atoms. The van der Waals surface area contributed by atoms with E-state index in [-0.39, 0.29) is 0 Å². The molecule has 14 heavy (non-hydrogen) atoms. The highest BCUT2D eigenvalue weighted by Gasteiger charge is 2.06. The zero-order valence-electron chi connectivity index (χ0n) is 8.24. The van der Waals surface area contributed by atoms with Gasteiger partial charge in [-0.05, 0) is 24.6 Å². The summed E-state index contributed by atoms with van der Waals surface area (Å²) in [7, 11) is 1.53. The molecule has 0 amide bonds. The van der Waals surface area contributed by atoms with Crippen molar-refractivity contribution >= 4 is 5.97 Å². The first-order valence-corrected chi connectivity index (χ1v) is 4.16. The molecule has 0 aromatic heterocycles.